The largest absolute Gasteiger partial charge is 0.446 e. The normalized spacial score (nSPS) is 23.3. The van der Waals surface area contributed by atoms with Gasteiger partial charge < -0.3 is 60.9 Å². The number of nitrogens with zero attached hydrogens (tertiary/aromatic N) is 11. The van der Waals surface area contributed by atoms with Crippen molar-refractivity contribution >= 4 is 53.7 Å². The van der Waals surface area contributed by atoms with Crippen LogP contribution in [0.4, 0.5) is 18.0 Å². The van der Waals surface area contributed by atoms with Crippen LogP contribution < -0.4 is 21.3 Å². The van der Waals surface area contributed by atoms with Crippen molar-refractivity contribution in [3.05, 3.63) is 72.9 Å². The summed E-state index contributed by atoms with van der Waals surface area (Å²) < 4.78 is 36.7. The first kappa shape index (κ1) is 68.2. The lowest BCUT2D eigenvalue weighted by Crippen LogP contribution is -2.74. The molecule has 6 saturated heterocycles. The van der Waals surface area contributed by atoms with Crippen LogP contribution in [0, 0.1) is 5.92 Å². The second kappa shape index (κ2) is 28.7. The van der Waals surface area contributed by atoms with Crippen molar-refractivity contribution in [1.82, 2.24) is 75.7 Å². The molecule has 9 heterocycles. The van der Waals surface area contributed by atoms with Crippen LogP contribution in [0.3, 0.4) is 0 Å². The first-order valence-corrected chi connectivity index (χ1v) is 28.6. The fraction of sp³-hybridized carbons (Fsp3) is 0.625. The van der Waals surface area contributed by atoms with Crippen LogP contribution in [0.2, 0.25) is 0 Å². The molecule has 6 aliphatic rings. The summed E-state index contributed by atoms with van der Waals surface area (Å²) in [5.41, 5.74) is -2.79. The zero-order chi connectivity index (χ0) is 64.2. The van der Waals surface area contributed by atoms with E-state index in [0.29, 0.717) is 62.9 Å². The van der Waals surface area contributed by atoms with Crippen molar-refractivity contribution < 1.29 is 76.4 Å². The number of aldehydes is 1. The fourth-order valence-electron chi connectivity index (χ4n) is 11.0. The number of likely N-dealkylation sites (tertiary alicyclic amines) is 5. The van der Waals surface area contributed by atoms with Gasteiger partial charge in [0.15, 0.2) is 17.5 Å². The third-order valence-corrected chi connectivity index (χ3v) is 15.2. The molecule has 3 aromatic heterocycles. The van der Waals surface area contributed by atoms with Gasteiger partial charge in [-0.15, -0.1) is 0 Å². The maximum atomic E-state index is 12.9. The number of β-lactam (4-membered cyclic amide) rings is 3. The van der Waals surface area contributed by atoms with Crippen LogP contribution in [0.15, 0.2) is 55.4 Å². The van der Waals surface area contributed by atoms with Crippen LogP contribution in [0.1, 0.15) is 130 Å². The average Bonchev–Trinajstić information content (AvgIpc) is 1.71. The van der Waals surface area contributed by atoms with Gasteiger partial charge in [-0.2, -0.15) is 13.2 Å². The monoisotopic (exact) mass is 1230 g/mol. The Morgan fingerprint density at radius 2 is 0.954 bits per heavy atom. The molecule has 8 amide bonds. The molecule has 9 atom stereocenters. The first-order valence-electron chi connectivity index (χ1n) is 28.6. The highest BCUT2D eigenvalue weighted by Gasteiger charge is 2.62. The lowest BCUT2D eigenvalue weighted by Gasteiger charge is -2.51. The Morgan fingerprint density at radius 1 is 0.598 bits per heavy atom. The van der Waals surface area contributed by atoms with E-state index in [1.54, 1.807) is 70.1 Å². The van der Waals surface area contributed by atoms with E-state index in [1.807, 2.05) is 13.8 Å². The van der Waals surface area contributed by atoms with Crippen molar-refractivity contribution in [3.63, 3.8) is 0 Å². The lowest BCUT2D eigenvalue weighted by atomic mass is 9.85. The maximum Gasteiger partial charge on any atom is 0.446 e. The van der Waals surface area contributed by atoms with E-state index in [2.05, 4.69) is 51.2 Å². The lowest BCUT2D eigenvalue weighted by molar-refractivity contribution is -0.169. The molecule has 0 aliphatic carbocycles. The Morgan fingerprint density at radius 3 is 1.25 bits per heavy atom. The molecule has 6 fully saturated rings. The number of carbonyl (C=O) groups is 9. The summed E-state index contributed by atoms with van der Waals surface area (Å²) in [4.78, 5) is 141. The topological polar surface area (TPSA) is 365 Å². The summed E-state index contributed by atoms with van der Waals surface area (Å²) in [5.74, 6) is -0.869. The fourth-order valence-corrected chi connectivity index (χ4v) is 11.0. The second-order valence-electron chi connectivity index (χ2n) is 23.5. The van der Waals surface area contributed by atoms with Crippen LogP contribution in [0.25, 0.3) is 0 Å². The number of hydrogen-bond donors (Lipinski definition) is 7. The van der Waals surface area contributed by atoms with Gasteiger partial charge in [0, 0.05) is 62.7 Å². The Hall–Kier alpha value is -7.90. The van der Waals surface area contributed by atoms with E-state index in [-0.39, 0.29) is 61.6 Å². The van der Waals surface area contributed by atoms with Crippen molar-refractivity contribution in [2.24, 2.45) is 5.92 Å². The molecule has 0 radical (unpaired) electrons. The average molecular weight is 1230 g/mol. The van der Waals surface area contributed by atoms with Gasteiger partial charge in [0.05, 0.1) is 51.0 Å². The molecular weight excluding hydrogens is 1150 g/mol. The number of nitrogens with one attached hydrogen (secondary N) is 4. The predicted octanol–water partition coefficient (Wildman–Crippen LogP) is 0.227. The van der Waals surface area contributed by atoms with Gasteiger partial charge >= 0.3 is 12.3 Å². The molecule has 9 rings (SSSR count). The molecule has 476 valence electrons. The number of rotatable bonds is 16. The molecular formula is C56H78F3N15O13. The van der Waals surface area contributed by atoms with Gasteiger partial charge in [0.25, 0.3) is 11.8 Å². The summed E-state index contributed by atoms with van der Waals surface area (Å²) in [6.07, 6.45) is 4.89. The summed E-state index contributed by atoms with van der Waals surface area (Å²) in [6, 6.07) is 2.71. The third-order valence-electron chi connectivity index (χ3n) is 15.2. The standard InChI is InChI=1S/C20H29N5O5.C19H27N5O4.C15H21N5O3.C2HF3O/c1-13(26)15(16-21-8-6-9-22-16)23-14(27)11-24-12-20(17(24)28)7-5-10-25(20)18(29)30-19(2,3)4;1-12(2)17(27)24-9-4-6-19(24)11-23(18(19)28)10-14(26)22-15(13(3)25)16-20-7-5-8-21-16;1-10(21)12(13-16-5-3-6-17-13)19-11(22)8-20-9-15(14(20)23)4-2-7-18-15;3-2(4,5)1-6/h6,8-9,13,15,26H,5,7,10-12H2,1-4H3,(H,23,27);5,7-8,12-13,15,25H,4,6,9-11H2,1-3H3,(H,22,26);3,5-6,10,12,18,21H,2,4,7-9H2,1H3,(H,19,22);1H. The minimum absolute atomic E-state index is 0.0156. The van der Waals surface area contributed by atoms with E-state index in [4.69, 9.17) is 9.53 Å². The number of amides is 8. The number of halogens is 3. The van der Waals surface area contributed by atoms with E-state index in [1.165, 1.54) is 51.3 Å². The highest BCUT2D eigenvalue weighted by atomic mass is 19.4. The van der Waals surface area contributed by atoms with E-state index in [9.17, 15) is 66.8 Å². The molecule has 3 aromatic rings. The molecule has 28 nitrogen and oxygen atoms in total. The van der Waals surface area contributed by atoms with Crippen molar-refractivity contribution in [2.45, 2.75) is 159 Å². The molecule has 9 unspecified atom stereocenters. The molecule has 0 bridgehead atoms. The molecule has 0 aromatic carbocycles. The van der Waals surface area contributed by atoms with Crippen molar-refractivity contribution in [3.8, 4) is 0 Å². The molecule has 0 saturated carbocycles. The number of hydrogen-bond acceptors (Lipinski definition) is 20. The summed E-state index contributed by atoms with van der Waals surface area (Å²) in [6.45, 7) is 16.4. The number of carbonyl (C=O) groups excluding carboxylic acids is 9. The highest BCUT2D eigenvalue weighted by molar-refractivity contribution is 6.00. The number of aliphatic hydroxyl groups is 3. The Kier molecular flexibility index (Phi) is 22.5. The molecule has 6 aliphatic heterocycles. The maximum absolute atomic E-state index is 12.9. The van der Waals surface area contributed by atoms with Crippen LogP contribution in [-0.4, -0.2) is 229 Å². The summed E-state index contributed by atoms with van der Waals surface area (Å²) >= 11 is 0. The van der Waals surface area contributed by atoms with Gasteiger partial charge in [-0.25, -0.2) is 34.7 Å². The zero-order valence-corrected chi connectivity index (χ0v) is 49.9. The molecule has 31 heteroatoms. The number of alkyl halides is 3. The number of ether oxygens (including phenoxy) is 1. The van der Waals surface area contributed by atoms with E-state index in [0.717, 1.165) is 25.8 Å². The quantitative estimate of drug-likeness (QED) is 0.0745. The SMILES string of the molecule is CC(C)C(=O)N1CCCC12CN(CC(=O)NC(c1ncccn1)C(C)O)C2=O.CC(O)C(NC(=O)CN1CC2(CCCN2)C1=O)c1ncccn1.CC(O)C(NC(=O)CN1CC2(CCCN2C(=O)OC(C)(C)C)C1=O)c1ncccn1.O=CC(F)(F)F. The minimum Gasteiger partial charge on any atom is -0.444 e. The van der Waals surface area contributed by atoms with E-state index >= 15 is 0 Å². The van der Waals surface area contributed by atoms with Gasteiger partial charge in [-0.05, 0) is 105 Å². The summed E-state index contributed by atoms with van der Waals surface area (Å²) in [5, 5.41) is 41.1. The molecule has 87 heavy (non-hydrogen) atoms. The van der Waals surface area contributed by atoms with Crippen LogP contribution in [0.5, 0.6) is 0 Å². The van der Waals surface area contributed by atoms with Gasteiger partial charge in [0.1, 0.15) is 40.3 Å². The first-order chi connectivity index (χ1) is 40.9. The van der Waals surface area contributed by atoms with E-state index < -0.39 is 89.0 Å². The number of aliphatic hydroxyl groups excluding tert-OH is 3. The van der Waals surface area contributed by atoms with Gasteiger partial charge in [-0.1, -0.05) is 13.8 Å². The third kappa shape index (κ3) is 16.8. The van der Waals surface area contributed by atoms with Crippen molar-refractivity contribution in [1.29, 1.82) is 0 Å². The van der Waals surface area contributed by atoms with Gasteiger partial charge in [0.2, 0.25) is 35.8 Å². The molecule has 3 spiro atoms. The van der Waals surface area contributed by atoms with Crippen molar-refractivity contribution in [2.75, 3.05) is 58.9 Å². The molecule has 7 N–H and O–H groups in total. The predicted molar refractivity (Wildman–Crippen MR) is 299 cm³/mol. The Balaban J connectivity index is 0.000000200. The zero-order valence-electron chi connectivity index (χ0n) is 49.9. The smallest absolute Gasteiger partial charge is 0.444 e. The second-order valence-corrected chi connectivity index (χ2v) is 23.5. The van der Waals surface area contributed by atoms with Crippen LogP contribution in [-0.2, 0) is 43.1 Å². The minimum atomic E-state index is -4.64. The van der Waals surface area contributed by atoms with Gasteiger partial charge in [-0.3, -0.25) is 43.3 Å². The number of aromatic nitrogens is 6. The highest BCUT2D eigenvalue weighted by Crippen LogP contribution is 2.41. The van der Waals surface area contributed by atoms with Crippen LogP contribution >= 0.6 is 0 Å². The Labute approximate surface area is 500 Å². The summed E-state index contributed by atoms with van der Waals surface area (Å²) in [7, 11) is 0. The Bertz CT molecular complexity index is 2900.